The number of ether oxygens (including phenoxy) is 1. The SMILES string of the molecule is CCc1sc(=O)[nH]c1C(C)OC. The van der Waals surface area contributed by atoms with E-state index in [1.54, 1.807) is 7.11 Å². The van der Waals surface area contributed by atoms with Crippen LogP contribution in [0.2, 0.25) is 0 Å². The molecule has 1 atom stereocenters. The van der Waals surface area contributed by atoms with Crippen LogP contribution in [0.1, 0.15) is 30.5 Å². The molecule has 1 rings (SSSR count). The Kier molecular flexibility index (Phi) is 3.05. The van der Waals surface area contributed by atoms with Crippen molar-refractivity contribution >= 4 is 11.3 Å². The molecule has 0 aromatic carbocycles. The van der Waals surface area contributed by atoms with Gasteiger partial charge < -0.3 is 9.72 Å². The maximum Gasteiger partial charge on any atom is 0.305 e. The molecule has 68 valence electrons. The van der Waals surface area contributed by atoms with Crippen molar-refractivity contribution in [2.75, 3.05) is 7.11 Å². The predicted molar refractivity (Wildman–Crippen MR) is 49.7 cm³/mol. The van der Waals surface area contributed by atoms with Gasteiger partial charge in [-0.15, -0.1) is 0 Å². The lowest BCUT2D eigenvalue weighted by Gasteiger charge is -2.07. The molecule has 1 unspecified atom stereocenters. The first-order valence-electron chi connectivity index (χ1n) is 3.93. The van der Waals surface area contributed by atoms with Crippen molar-refractivity contribution < 1.29 is 4.74 Å². The lowest BCUT2D eigenvalue weighted by Crippen LogP contribution is -2.02. The quantitative estimate of drug-likeness (QED) is 0.782. The van der Waals surface area contributed by atoms with E-state index in [4.69, 9.17) is 4.74 Å². The molecule has 12 heavy (non-hydrogen) atoms. The van der Waals surface area contributed by atoms with E-state index in [0.717, 1.165) is 17.0 Å². The first-order valence-corrected chi connectivity index (χ1v) is 4.75. The molecule has 0 aliphatic heterocycles. The monoisotopic (exact) mass is 187 g/mol. The van der Waals surface area contributed by atoms with Gasteiger partial charge in [-0.05, 0) is 13.3 Å². The van der Waals surface area contributed by atoms with E-state index in [-0.39, 0.29) is 11.0 Å². The van der Waals surface area contributed by atoms with Crippen molar-refractivity contribution in [2.24, 2.45) is 0 Å². The van der Waals surface area contributed by atoms with E-state index < -0.39 is 0 Å². The average molecular weight is 187 g/mol. The first kappa shape index (κ1) is 9.48. The summed E-state index contributed by atoms with van der Waals surface area (Å²) in [6, 6.07) is 0. The van der Waals surface area contributed by atoms with Crippen LogP contribution in [0.15, 0.2) is 4.79 Å². The Hall–Kier alpha value is -0.610. The highest BCUT2D eigenvalue weighted by Crippen LogP contribution is 2.19. The number of methoxy groups -OCH3 is 1. The van der Waals surface area contributed by atoms with Gasteiger partial charge in [0, 0.05) is 12.0 Å². The van der Waals surface area contributed by atoms with Crippen LogP contribution < -0.4 is 4.87 Å². The predicted octanol–water partition coefficient (Wildman–Crippen LogP) is 1.71. The molecule has 3 nitrogen and oxygen atoms in total. The maximum atomic E-state index is 11.0. The number of aromatic nitrogens is 1. The third kappa shape index (κ3) is 1.76. The standard InChI is InChI=1S/C8H13NO2S/c1-4-6-7(5(2)11-3)9-8(10)12-6/h5H,4H2,1-3H3,(H,9,10). The third-order valence-corrected chi connectivity index (χ3v) is 2.88. The molecule has 1 heterocycles. The molecule has 0 radical (unpaired) electrons. The fraction of sp³-hybridized carbons (Fsp3) is 0.625. The van der Waals surface area contributed by atoms with Gasteiger partial charge in [0.05, 0.1) is 11.8 Å². The van der Waals surface area contributed by atoms with Crippen molar-refractivity contribution in [3.63, 3.8) is 0 Å². The van der Waals surface area contributed by atoms with Crippen molar-refractivity contribution in [1.29, 1.82) is 0 Å². The van der Waals surface area contributed by atoms with E-state index in [2.05, 4.69) is 4.98 Å². The molecule has 0 bridgehead atoms. The van der Waals surface area contributed by atoms with Crippen LogP contribution in [-0.2, 0) is 11.2 Å². The van der Waals surface area contributed by atoms with Crippen molar-refractivity contribution in [3.8, 4) is 0 Å². The lowest BCUT2D eigenvalue weighted by molar-refractivity contribution is 0.115. The molecule has 0 saturated carbocycles. The molecule has 0 spiro atoms. The second-order valence-electron chi connectivity index (χ2n) is 2.58. The maximum absolute atomic E-state index is 11.0. The zero-order valence-electron chi connectivity index (χ0n) is 7.51. The van der Waals surface area contributed by atoms with Crippen molar-refractivity contribution in [2.45, 2.75) is 26.4 Å². The molecule has 0 saturated heterocycles. The van der Waals surface area contributed by atoms with E-state index in [0.29, 0.717) is 0 Å². The van der Waals surface area contributed by atoms with Crippen LogP contribution in [-0.4, -0.2) is 12.1 Å². The number of hydrogen-bond acceptors (Lipinski definition) is 3. The molecule has 0 fully saturated rings. The number of nitrogens with one attached hydrogen (secondary N) is 1. The molecule has 0 aliphatic rings. The highest BCUT2D eigenvalue weighted by molar-refractivity contribution is 7.09. The summed E-state index contributed by atoms with van der Waals surface area (Å²) >= 11 is 1.27. The summed E-state index contributed by atoms with van der Waals surface area (Å²) in [4.78, 5) is 14.9. The second-order valence-corrected chi connectivity index (χ2v) is 3.65. The minimum Gasteiger partial charge on any atom is -0.375 e. The highest BCUT2D eigenvalue weighted by atomic mass is 32.1. The largest absolute Gasteiger partial charge is 0.375 e. The minimum atomic E-state index is -0.0149. The molecule has 1 N–H and O–H groups in total. The van der Waals surface area contributed by atoms with Gasteiger partial charge in [-0.2, -0.15) is 0 Å². The summed E-state index contributed by atoms with van der Waals surface area (Å²) in [6.45, 7) is 3.96. The zero-order chi connectivity index (χ0) is 9.14. The second kappa shape index (κ2) is 3.87. The van der Waals surface area contributed by atoms with Crippen LogP contribution in [0.4, 0.5) is 0 Å². The lowest BCUT2D eigenvalue weighted by atomic mass is 10.2. The molecule has 1 aromatic rings. The number of rotatable bonds is 3. The fourth-order valence-electron chi connectivity index (χ4n) is 1.08. The first-order chi connectivity index (χ1) is 5.69. The van der Waals surface area contributed by atoms with Crippen molar-refractivity contribution in [3.05, 3.63) is 20.2 Å². The summed E-state index contributed by atoms with van der Waals surface area (Å²) in [5.74, 6) is 0. The van der Waals surface area contributed by atoms with E-state index in [9.17, 15) is 4.79 Å². The topological polar surface area (TPSA) is 42.1 Å². The van der Waals surface area contributed by atoms with Crippen LogP contribution in [0, 0.1) is 0 Å². The van der Waals surface area contributed by atoms with E-state index in [1.807, 2.05) is 13.8 Å². The summed E-state index contributed by atoms with van der Waals surface area (Å²) in [7, 11) is 1.64. The Morgan fingerprint density at radius 2 is 2.33 bits per heavy atom. The van der Waals surface area contributed by atoms with E-state index >= 15 is 0 Å². The Morgan fingerprint density at radius 1 is 1.67 bits per heavy atom. The fourth-order valence-corrected chi connectivity index (χ4v) is 1.94. The Bertz CT molecular complexity index is 302. The van der Waals surface area contributed by atoms with E-state index in [1.165, 1.54) is 11.3 Å². The number of hydrogen-bond donors (Lipinski definition) is 1. The Morgan fingerprint density at radius 3 is 2.83 bits per heavy atom. The Balaban J connectivity index is 3.04. The van der Waals surface area contributed by atoms with Gasteiger partial charge in [-0.1, -0.05) is 18.3 Å². The van der Waals surface area contributed by atoms with Gasteiger partial charge in [-0.25, -0.2) is 0 Å². The number of aryl methyl sites for hydroxylation is 1. The minimum absolute atomic E-state index is 0.00532. The zero-order valence-corrected chi connectivity index (χ0v) is 8.33. The van der Waals surface area contributed by atoms with Gasteiger partial charge in [0.1, 0.15) is 0 Å². The Labute approximate surface area is 75.4 Å². The smallest absolute Gasteiger partial charge is 0.305 e. The normalized spacial score (nSPS) is 13.2. The highest BCUT2D eigenvalue weighted by Gasteiger charge is 2.12. The van der Waals surface area contributed by atoms with Crippen LogP contribution in [0.3, 0.4) is 0 Å². The van der Waals surface area contributed by atoms with Gasteiger partial charge in [0.25, 0.3) is 0 Å². The van der Waals surface area contributed by atoms with Crippen LogP contribution >= 0.6 is 11.3 Å². The average Bonchev–Trinajstić information content (AvgIpc) is 2.45. The van der Waals surface area contributed by atoms with Gasteiger partial charge in [0.2, 0.25) is 0 Å². The summed E-state index contributed by atoms with van der Waals surface area (Å²) in [5.41, 5.74) is 0.926. The summed E-state index contributed by atoms with van der Waals surface area (Å²) < 4.78 is 5.13. The molecule has 1 aromatic heterocycles. The summed E-state index contributed by atoms with van der Waals surface area (Å²) in [5, 5.41) is 0. The molecule has 4 heteroatoms. The van der Waals surface area contributed by atoms with Gasteiger partial charge >= 0.3 is 4.87 Å². The van der Waals surface area contributed by atoms with Gasteiger partial charge in [-0.3, -0.25) is 4.79 Å². The molecular formula is C8H13NO2S. The van der Waals surface area contributed by atoms with Crippen LogP contribution in [0.5, 0.6) is 0 Å². The third-order valence-electron chi connectivity index (χ3n) is 1.83. The number of aromatic amines is 1. The number of H-pyrrole nitrogens is 1. The van der Waals surface area contributed by atoms with Crippen molar-refractivity contribution in [1.82, 2.24) is 4.98 Å². The van der Waals surface area contributed by atoms with Crippen LogP contribution in [0.25, 0.3) is 0 Å². The molecular weight excluding hydrogens is 174 g/mol. The summed E-state index contributed by atoms with van der Waals surface area (Å²) in [6.07, 6.45) is 0.866. The molecule has 0 amide bonds. The number of thiazole rings is 1. The van der Waals surface area contributed by atoms with Gasteiger partial charge in [0.15, 0.2) is 0 Å². The molecule has 0 aliphatic carbocycles.